The second kappa shape index (κ2) is 3.87. The summed E-state index contributed by atoms with van der Waals surface area (Å²) in [5.41, 5.74) is 5.21. The van der Waals surface area contributed by atoms with Crippen molar-refractivity contribution in [1.82, 2.24) is 0 Å². The maximum atomic E-state index is 11.6. The number of nitriles is 1. The fourth-order valence-corrected chi connectivity index (χ4v) is 3.89. The minimum absolute atomic E-state index is 0.0280. The molecule has 0 radical (unpaired) electrons. The van der Waals surface area contributed by atoms with E-state index in [1.807, 2.05) is 0 Å². The van der Waals surface area contributed by atoms with Crippen LogP contribution in [0.1, 0.15) is 26.2 Å². The molecule has 1 fully saturated rings. The Hall–Kier alpha value is -0.600. The van der Waals surface area contributed by atoms with E-state index < -0.39 is 9.84 Å². The second-order valence-electron chi connectivity index (χ2n) is 4.37. The van der Waals surface area contributed by atoms with Crippen LogP contribution in [0.3, 0.4) is 0 Å². The summed E-state index contributed by atoms with van der Waals surface area (Å²) in [6, 6.07) is 1.73. The Morgan fingerprint density at radius 2 is 2.14 bits per heavy atom. The Morgan fingerprint density at radius 3 is 2.50 bits per heavy atom. The SMILES string of the molecule is CC(N)CS(=O)(=O)CC1(CC#N)CC1. The number of nitrogens with two attached hydrogens (primary N) is 1. The summed E-state index contributed by atoms with van der Waals surface area (Å²) in [7, 11) is -3.07. The molecule has 4 nitrogen and oxygen atoms in total. The smallest absolute Gasteiger partial charge is 0.152 e. The van der Waals surface area contributed by atoms with E-state index in [4.69, 9.17) is 11.0 Å². The van der Waals surface area contributed by atoms with Crippen molar-refractivity contribution in [2.75, 3.05) is 11.5 Å². The summed E-state index contributed by atoms with van der Waals surface area (Å²) in [4.78, 5) is 0. The Kier molecular flexibility index (Phi) is 3.17. The highest BCUT2D eigenvalue weighted by atomic mass is 32.2. The fraction of sp³-hybridized carbons (Fsp3) is 0.889. The molecule has 1 atom stereocenters. The molecule has 0 aliphatic heterocycles. The van der Waals surface area contributed by atoms with E-state index in [2.05, 4.69) is 6.07 Å². The molecule has 0 spiro atoms. The highest BCUT2D eigenvalue weighted by Gasteiger charge is 2.45. The van der Waals surface area contributed by atoms with Gasteiger partial charge in [-0.15, -0.1) is 0 Å². The fourth-order valence-electron chi connectivity index (χ4n) is 1.64. The quantitative estimate of drug-likeness (QED) is 0.722. The Morgan fingerprint density at radius 1 is 1.57 bits per heavy atom. The molecule has 5 heteroatoms. The lowest BCUT2D eigenvalue weighted by molar-refractivity contribution is 0.544. The standard InChI is InChI=1S/C9H16N2O2S/c1-8(11)6-14(12,13)7-9(2-3-9)4-5-10/h8H,2-4,6-7,11H2,1H3. The Bertz CT molecular complexity index is 336. The molecule has 1 saturated carbocycles. The predicted octanol–water partition coefficient (Wildman–Crippen LogP) is 0.442. The highest BCUT2D eigenvalue weighted by Crippen LogP contribution is 2.49. The lowest BCUT2D eigenvalue weighted by Crippen LogP contribution is -2.30. The van der Waals surface area contributed by atoms with Gasteiger partial charge in [0.25, 0.3) is 0 Å². The van der Waals surface area contributed by atoms with Gasteiger partial charge in [0.15, 0.2) is 9.84 Å². The summed E-state index contributed by atoms with van der Waals surface area (Å²) in [6.07, 6.45) is 2.07. The number of hydrogen-bond acceptors (Lipinski definition) is 4. The molecular weight excluding hydrogens is 200 g/mol. The average Bonchev–Trinajstić information content (AvgIpc) is 2.64. The maximum absolute atomic E-state index is 11.6. The average molecular weight is 216 g/mol. The third-order valence-electron chi connectivity index (χ3n) is 2.45. The van der Waals surface area contributed by atoms with E-state index in [0.29, 0.717) is 6.42 Å². The molecule has 80 valence electrons. The van der Waals surface area contributed by atoms with Gasteiger partial charge >= 0.3 is 0 Å². The van der Waals surface area contributed by atoms with Gasteiger partial charge in [0.1, 0.15) is 0 Å². The van der Waals surface area contributed by atoms with Crippen molar-refractivity contribution in [2.45, 2.75) is 32.2 Å². The predicted molar refractivity (Wildman–Crippen MR) is 54.2 cm³/mol. The van der Waals surface area contributed by atoms with Crippen LogP contribution in [0, 0.1) is 16.7 Å². The van der Waals surface area contributed by atoms with E-state index >= 15 is 0 Å². The van der Waals surface area contributed by atoms with Crippen LogP contribution in [-0.2, 0) is 9.84 Å². The van der Waals surface area contributed by atoms with Gasteiger partial charge in [0, 0.05) is 12.5 Å². The van der Waals surface area contributed by atoms with E-state index in [1.165, 1.54) is 0 Å². The van der Waals surface area contributed by atoms with Gasteiger partial charge in [-0.2, -0.15) is 5.26 Å². The van der Waals surface area contributed by atoms with Crippen molar-refractivity contribution < 1.29 is 8.42 Å². The van der Waals surface area contributed by atoms with E-state index in [9.17, 15) is 8.42 Å². The third-order valence-corrected chi connectivity index (χ3v) is 4.54. The van der Waals surface area contributed by atoms with Crippen molar-refractivity contribution in [1.29, 1.82) is 5.26 Å². The Labute approximate surface area is 85.0 Å². The van der Waals surface area contributed by atoms with Gasteiger partial charge in [0.05, 0.1) is 17.6 Å². The zero-order chi connectivity index (χ0) is 10.8. The first kappa shape index (κ1) is 11.5. The van der Waals surface area contributed by atoms with Crippen LogP contribution in [0.15, 0.2) is 0 Å². The lowest BCUT2D eigenvalue weighted by Gasteiger charge is -2.12. The molecule has 0 aromatic carbocycles. The minimum atomic E-state index is -3.07. The van der Waals surface area contributed by atoms with Gasteiger partial charge in [-0.05, 0) is 25.2 Å². The van der Waals surface area contributed by atoms with Crippen LogP contribution < -0.4 is 5.73 Å². The molecule has 0 aromatic heterocycles. The zero-order valence-electron chi connectivity index (χ0n) is 8.36. The summed E-state index contributed by atoms with van der Waals surface area (Å²) in [5, 5.41) is 8.55. The first-order valence-electron chi connectivity index (χ1n) is 4.72. The van der Waals surface area contributed by atoms with Gasteiger partial charge in [-0.1, -0.05) is 0 Å². The number of hydrogen-bond donors (Lipinski definition) is 1. The molecule has 1 rings (SSSR count). The van der Waals surface area contributed by atoms with Crippen molar-refractivity contribution in [3.63, 3.8) is 0 Å². The molecule has 1 aliphatic rings. The number of nitrogens with zero attached hydrogens (tertiary/aromatic N) is 1. The molecular formula is C9H16N2O2S. The normalized spacial score (nSPS) is 21.2. The van der Waals surface area contributed by atoms with Crippen LogP contribution in [0.4, 0.5) is 0 Å². The van der Waals surface area contributed by atoms with E-state index in [0.717, 1.165) is 12.8 Å². The summed E-state index contributed by atoms with van der Waals surface area (Å²) >= 11 is 0. The van der Waals surface area contributed by atoms with Gasteiger partial charge < -0.3 is 5.73 Å². The molecule has 0 bridgehead atoms. The maximum Gasteiger partial charge on any atom is 0.152 e. The van der Waals surface area contributed by atoms with Crippen LogP contribution in [0.2, 0.25) is 0 Å². The molecule has 0 heterocycles. The second-order valence-corrected chi connectivity index (χ2v) is 6.48. The molecule has 14 heavy (non-hydrogen) atoms. The number of rotatable bonds is 5. The summed E-state index contributed by atoms with van der Waals surface area (Å²) < 4.78 is 23.2. The lowest BCUT2D eigenvalue weighted by atomic mass is 10.1. The summed E-state index contributed by atoms with van der Waals surface area (Å²) in [6.45, 7) is 1.68. The molecule has 1 unspecified atom stereocenters. The molecule has 2 N–H and O–H groups in total. The van der Waals surface area contributed by atoms with Gasteiger partial charge in [0.2, 0.25) is 0 Å². The summed E-state index contributed by atoms with van der Waals surface area (Å²) in [5.74, 6) is 0.162. The molecule has 0 amide bonds. The van der Waals surface area contributed by atoms with Gasteiger partial charge in [-0.3, -0.25) is 0 Å². The van der Waals surface area contributed by atoms with Crippen molar-refractivity contribution in [2.24, 2.45) is 11.1 Å². The van der Waals surface area contributed by atoms with Gasteiger partial charge in [-0.25, -0.2) is 8.42 Å². The molecule has 0 aromatic rings. The molecule has 0 saturated heterocycles. The van der Waals surface area contributed by atoms with E-state index in [-0.39, 0.29) is 23.0 Å². The monoisotopic (exact) mass is 216 g/mol. The van der Waals surface area contributed by atoms with Crippen LogP contribution in [0.5, 0.6) is 0 Å². The minimum Gasteiger partial charge on any atom is -0.327 e. The third kappa shape index (κ3) is 3.28. The van der Waals surface area contributed by atoms with Crippen molar-refractivity contribution >= 4 is 9.84 Å². The molecule has 1 aliphatic carbocycles. The van der Waals surface area contributed by atoms with Crippen LogP contribution in [-0.4, -0.2) is 26.0 Å². The zero-order valence-corrected chi connectivity index (χ0v) is 9.18. The first-order chi connectivity index (χ1) is 6.39. The highest BCUT2D eigenvalue weighted by molar-refractivity contribution is 7.91. The van der Waals surface area contributed by atoms with E-state index in [1.54, 1.807) is 6.92 Å². The number of sulfone groups is 1. The van der Waals surface area contributed by atoms with Crippen molar-refractivity contribution in [3.8, 4) is 6.07 Å². The van der Waals surface area contributed by atoms with Crippen LogP contribution >= 0.6 is 0 Å². The van der Waals surface area contributed by atoms with Crippen LogP contribution in [0.25, 0.3) is 0 Å². The largest absolute Gasteiger partial charge is 0.327 e. The van der Waals surface area contributed by atoms with Crippen molar-refractivity contribution in [3.05, 3.63) is 0 Å². The topological polar surface area (TPSA) is 84.0 Å². The first-order valence-corrected chi connectivity index (χ1v) is 6.54. The Balaban J connectivity index is 2.56.